The Labute approximate surface area is 267 Å². The van der Waals surface area contributed by atoms with E-state index in [4.69, 9.17) is 0 Å². The van der Waals surface area contributed by atoms with Gasteiger partial charge in [0, 0.05) is 26.1 Å². The topological polar surface area (TPSA) is 95.6 Å². The van der Waals surface area contributed by atoms with Gasteiger partial charge >= 0.3 is 0 Å². The quantitative estimate of drug-likeness (QED) is 0.0880. The third-order valence-electron chi connectivity index (χ3n) is 6.44. The molecule has 1 aliphatic rings. The lowest BCUT2D eigenvalue weighted by Gasteiger charge is -2.15. The molecule has 5 rings (SSSR count). The smallest absolute Gasteiger partial charge is 0.272 e. The van der Waals surface area contributed by atoms with Gasteiger partial charge in [0.2, 0.25) is 11.8 Å². The first-order valence-electron chi connectivity index (χ1n) is 13.4. The molecule has 1 fully saturated rings. The number of allylic oxidation sites excluding steroid dienone is 2. The van der Waals surface area contributed by atoms with Gasteiger partial charge in [-0.3, -0.25) is 19.2 Å². The SMILES string of the molecule is O=C(Nc1cccc(S[C@@H]2CC(=O)N(c3ccc(I)cc3)C2=O)c1)/C(=C/C=C/c1ccccc1)NC(=O)c1ccccc1. The molecule has 1 aliphatic heterocycles. The van der Waals surface area contributed by atoms with E-state index < -0.39 is 17.1 Å². The maximum Gasteiger partial charge on any atom is 0.272 e. The second kappa shape index (κ2) is 14.1. The van der Waals surface area contributed by atoms with Crippen molar-refractivity contribution < 1.29 is 19.2 Å². The van der Waals surface area contributed by atoms with Crippen molar-refractivity contribution in [2.24, 2.45) is 0 Å². The Balaban J connectivity index is 1.30. The first-order valence-corrected chi connectivity index (χ1v) is 15.3. The molecule has 2 N–H and O–H groups in total. The lowest BCUT2D eigenvalue weighted by atomic mass is 10.2. The predicted octanol–water partition coefficient (Wildman–Crippen LogP) is 6.68. The minimum Gasteiger partial charge on any atom is -0.321 e. The van der Waals surface area contributed by atoms with Gasteiger partial charge < -0.3 is 10.6 Å². The fraction of sp³-hybridized carbons (Fsp3) is 0.0588. The highest BCUT2D eigenvalue weighted by Gasteiger charge is 2.40. The van der Waals surface area contributed by atoms with E-state index in [1.165, 1.54) is 16.7 Å². The fourth-order valence-electron chi connectivity index (χ4n) is 4.35. The van der Waals surface area contributed by atoms with Crippen LogP contribution in [0.3, 0.4) is 0 Å². The number of hydrogen-bond donors (Lipinski definition) is 2. The molecule has 0 aliphatic carbocycles. The monoisotopic (exact) mass is 699 g/mol. The minimum atomic E-state index is -0.582. The Hall–Kier alpha value is -4.48. The van der Waals surface area contributed by atoms with Crippen LogP contribution < -0.4 is 15.5 Å². The van der Waals surface area contributed by atoms with Gasteiger partial charge in [-0.2, -0.15) is 0 Å². The lowest BCUT2D eigenvalue weighted by molar-refractivity contribution is -0.121. The van der Waals surface area contributed by atoms with E-state index in [-0.39, 0.29) is 23.9 Å². The van der Waals surface area contributed by atoms with Crippen molar-refractivity contribution >= 4 is 75.4 Å². The van der Waals surface area contributed by atoms with Gasteiger partial charge in [-0.05, 0) is 88.8 Å². The van der Waals surface area contributed by atoms with E-state index in [9.17, 15) is 19.2 Å². The molecule has 4 aromatic rings. The van der Waals surface area contributed by atoms with Crippen molar-refractivity contribution in [3.05, 3.63) is 142 Å². The number of hydrogen-bond acceptors (Lipinski definition) is 5. The van der Waals surface area contributed by atoms with Gasteiger partial charge in [-0.15, -0.1) is 11.8 Å². The summed E-state index contributed by atoms with van der Waals surface area (Å²) in [5.41, 5.74) is 2.45. The molecular formula is C34H26IN3O4S. The van der Waals surface area contributed by atoms with Crippen molar-refractivity contribution in [1.29, 1.82) is 0 Å². The number of thioether (sulfide) groups is 1. The van der Waals surface area contributed by atoms with Crippen LogP contribution in [0.2, 0.25) is 0 Å². The van der Waals surface area contributed by atoms with Crippen LogP contribution in [0.1, 0.15) is 22.3 Å². The molecule has 43 heavy (non-hydrogen) atoms. The Morgan fingerprint density at radius 3 is 2.28 bits per heavy atom. The van der Waals surface area contributed by atoms with E-state index in [0.29, 0.717) is 16.9 Å². The molecule has 4 aromatic carbocycles. The van der Waals surface area contributed by atoms with Gasteiger partial charge in [0.15, 0.2) is 0 Å². The van der Waals surface area contributed by atoms with Crippen molar-refractivity contribution in [3.63, 3.8) is 0 Å². The molecule has 1 saturated heterocycles. The number of carbonyl (C=O) groups is 4. The van der Waals surface area contributed by atoms with Crippen LogP contribution in [-0.2, 0) is 14.4 Å². The zero-order valence-electron chi connectivity index (χ0n) is 22.8. The Bertz CT molecular complexity index is 1710. The van der Waals surface area contributed by atoms with Gasteiger partial charge in [0.25, 0.3) is 11.8 Å². The zero-order chi connectivity index (χ0) is 30.2. The Kier molecular flexibility index (Phi) is 9.85. The molecular weight excluding hydrogens is 673 g/mol. The normalized spacial score (nSPS) is 15.1. The first kappa shape index (κ1) is 30.0. The highest BCUT2D eigenvalue weighted by Crippen LogP contribution is 2.35. The summed E-state index contributed by atoms with van der Waals surface area (Å²) in [7, 11) is 0. The summed E-state index contributed by atoms with van der Waals surface area (Å²) < 4.78 is 1.01. The maximum absolute atomic E-state index is 13.4. The molecule has 9 heteroatoms. The van der Waals surface area contributed by atoms with Crippen molar-refractivity contribution in [2.45, 2.75) is 16.6 Å². The Morgan fingerprint density at radius 1 is 0.860 bits per heavy atom. The number of amides is 4. The summed E-state index contributed by atoms with van der Waals surface area (Å²) in [4.78, 5) is 54.0. The van der Waals surface area contributed by atoms with E-state index in [0.717, 1.165) is 14.0 Å². The first-order chi connectivity index (χ1) is 20.9. The highest BCUT2D eigenvalue weighted by atomic mass is 127. The highest BCUT2D eigenvalue weighted by molar-refractivity contribution is 14.1. The second-order valence-electron chi connectivity index (χ2n) is 9.51. The number of nitrogens with zero attached hydrogens (tertiary/aromatic N) is 1. The number of benzene rings is 4. The maximum atomic E-state index is 13.4. The van der Waals surface area contributed by atoms with Gasteiger partial charge in [-0.25, -0.2) is 4.90 Å². The van der Waals surface area contributed by atoms with Gasteiger partial charge in [0.05, 0.1) is 10.9 Å². The molecule has 0 unspecified atom stereocenters. The number of carbonyl (C=O) groups excluding carboxylic acids is 4. The summed E-state index contributed by atoms with van der Waals surface area (Å²) in [5.74, 6) is -1.45. The molecule has 1 atom stereocenters. The number of anilines is 2. The van der Waals surface area contributed by atoms with Crippen LogP contribution in [0.4, 0.5) is 11.4 Å². The summed E-state index contributed by atoms with van der Waals surface area (Å²) >= 11 is 3.44. The third-order valence-corrected chi connectivity index (χ3v) is 8.34. The van der Waals surface area contributed by atoms with Crippen molar-refractivity contribution in [1.82, 2.24) is 5.32 Å². The molecule has 7 nitrogen and oxygen atoms in total. The van der Waals surface area contributed by atoms with Crippen LogP contribution in [-0.4, -0.2) is 28.9 Å². The van der Waals surface area contributed by atoms with E-state index in [1.807, 2.05) is 60.7 Å². The summed E-state index contributed by atoms with van der Waals surface area (Å²) in [5, 5.41) is 4.97. The standard InChI is InChI=1S/C34H26IN3O4S/c35-25-17-19-27(20-18-25)38-31(39)22-30(34(38)42)43-28-15-8-14-26(21-28)36-33(41)29(16-7-11-23-9-3-1-4-10-23)37-32(40)24-12-5-2-6-13-24/h1-21,30H,22H2,(H,36,41)(H,37,40)/b11-7+,29-16-/t30-/m1/s1. The van der Waals surface area contributed by atoms with Crippen LogP contribution in [0.5, 0.6) is 0 Å². The summed E-state index contributed by atoms with van der Waals surface area (Å²) in [6.45, 7) is 0. The average molecular weight is 700 g/mol. The molecule has 0 spiro atoms. The molecule has 0 aromatic heterocycles. The summed E-state index contributed by atoms with van der Waals surface area (Å²) in [6.07, 6.45) is 5.16. The minimum absolute atomic E-state index is 0.0591. The molecule has 0 radical (unpaired) electrons. The number of halogens is 1. The van der Waals surface area contributed by atoms with Crippen LogP contribution >= 0.6 is 34.4 Å². The molecule has 0 bridgehead atoms. The molecule has 214 valence electrons. The van der Waals surface area contributed by atoms with Gasteiger partial charge in [0.1, 0.15) is 5.70 Å². The Morgan fingerprint density at radius 2 is 1.56 bits per heavy atom. The molecule has 1 heterocycles. The van der Waals surface area contributed by atoms with Crippen molar-refractivity contribution in [3.8, 4) is 0 Å². The van der Waals surface area contributed by atoms with Crippen molar-refractivity contribution in [2.75, 3.05) is 10.2 Å². The zero-order valence-corrected chi connectivity index (χ0v) is 25.7. The van der Waals surface area contributed by atoms with E-state index >= 15 is 0 Å². The fourth-order valence-corrected chi connectivity index (χ4v) is 5.82. The second-order valence-corrected chi connectivity index (χ2v) is 12.0. The third kappa shape index (κ3) is 7.88. The average Bonchev–Trinajstić information content (AvgIpc) is 3.30. The van der Waals surface area contributed by atoms with E-state index in [2.05, 4.69) is 33.2 Å². The molecule has 4 amide bonds. The predicted molar refractivity (Wildman–Crippen MR) is 178 cm³/mol. The summed E-state index contributed by atoms with van der Waals surface area (Å²) in [6, 6.07) is 32.5. The van der Waals surface area contributed by atoms with E-state index in [1.54, 1.807) is 66.7 Å². The van der Waals surface area contributed by atoms with Crippen LogP contribution in [0.25, 0.3) is 6.08 Å². The number of imide groups is 1. The lowest BCUT2D eigenvalue weighted by Crippen LogP contribution is -2.31. The largest absolute Gasteiger partial charge is 0.321 e. The molecule has 0 saturated carbocycles. The van der Waals surface area contributed by atoms with Crippen LogP contribution in [0.15, 0.2) is 132 Å². The van der Waals surface area contributed by atoms with Crippen LogP contribution in [0, 0.1) is 3.57 Å². The number of nitrogens with one attached hydrogen (secondary N) is 2. The number of rotatable bonds is 9. The van der Waals surface area contributed by atoms with Gasteiger partial charge in [-0.1, -0.05) is 66.7 Å².